The number of nitrogens with two attached hydrogens (primary N) is 1. The second-order valence-corrected chi connectivity index (χ2v) is 5.04. The molecule has 0 radical (unpaired) electrons. The molecule has 0 saturated carbocycles. The van der Waals surface area contributed by atoms with Crippen molar-refractivity contribution >= 4 is 17.1 Å². The summed E-state index contributed by atoms with van der Waals surface area (Å²) in [4.78, 5) is 32.8. The van der Waals surface area contributed by atoms with Gasteiger partial charge in [-0.15, -0.1) is 0 Å². The Hall–Kier alpha value is -2.17. The van der Waals surface area contributed by atoms with Crippen molar-refractivity contribution < 1.29 is 14.2 Å². The van der Waals surface area contributed by atoms with Crippen molar-refractivity contribution in [3.63, 3.8) is 0 Å². The summed E-state index contributed by atoms with van der Waals surface area (Å²) in [6, 6.07) is 0. The zero-order valence-corrected chi connectivity index (χ0v) is 12.2. The van der Waals surface area contributed by atoms with Gasteiger partial charge in [0.1, 0.15) is 12.3 Å². The number of hydrogen-bond donors (Lipinski definition) is 3. The molecule has 2 aromatic heterocycles. The maximum absolute atomic E-state index is 12.2. The predicted octanol–water partition coefficient (Wildman–Crippen LogP) is -1.06. The van der Waals surface area contributed by atoms with Gasteiger partial charge in [0.15, 0.2) is 11.2 Å². The van der Waals surface area contributed by atoms with Crippen LogP contribution in [0.2, 0.25) is 0 Å². The van der Waals surface area contributed by atoms with Gasteiger partial charge >= 0.3 is 5.69 Å². The highest BCUT2D eigenvalue weighted by atomic mass is 16.6. The zero-order chi connectivity index (χ0) is 15.9. The van der Waals surface area contributed by atoms with Gasteiger partial charge in [0.2, 0.25) is 5.95 Å². The van der Waals surface area contributed by atoms with E-state index in [1.54, 1.807) is 14.2 Å². The number of anilines is 1. The van der Waals surface area contributed by atoms with Gasteiger partial charge in [-0.2, -0.15) is 4.98 Å². The van der Waals surface area contributed by atoms with Gasteiger partial charge in [-0.1, -0.05) is 0 Å². The van der Waals surface area contributed by atoms with E-state index in [0.717, 1.165) is 0 Å². The largest absolute Gasteiger partial charge is 0.382 e. The van der Waals surface area contributed by atoms with Crippen molar-refractivity contribution in [3.8, 4) is 0 Å². The lowest BCUT2D eigenvalue weighted by Crippen LogP contribution is -2.27. The maximum atomic E-state index is 12.2. The monoisotopic (exact) mass is 311 g/mol. The number of hydrogen-bond acceptors (Lipinski definition) is 7. The van der Waals surface area contributed by atoms with E-state index in [4.69, 9.17) is 19.9 Å². The third-order valence-electron chi connectivity index (χ3n) is 3.70. The van der Waals surface area contributed by atoms with Crippen LogP contribution in [0.5, 0.6) is 0 Å². The molecule has 1 aliphatic heterocycles. The Balaban J connectivity index is 2.06. The fourth-order valence-electron chi connectivity index (χ4n) is 2.72. The average Bonchev–Trinajstić information content (AvgIpc) is 3.00. The second-order valence-electron chi connectivity index (χ2n) is 5.04. The van der Waals surface area contributed by atoms with Crippen LogP contribution in [0.3, 0.4) is 0 Å². The number of ether oxygens (including phenoxy) is 3. The minimum atomic E-state index is -0.611. The zero-order valence-electron chi connectivity index (χ0n) is 12.2. The fraction of sp³-hybridized carbons (Fsp3) is 0.583. The molecule has 0 amide bonds. The number of nitrogens with one attached hydrogen (secondary N) is 2. The molecule has 1 saturated heterocycles. The molecule has 1 unspecified atom stereocenters. The van der Waals surface area contributed by atoms with Gasteiger partial charge in [-0.05, 0) is 0 Å². The van der Waals surface area contributed by atoms with Gasteiger partial charge in [0.25, 0.3) is 5.56 Å². The van der Waals surface area contributed by atoms with Gasteiger partial charge in [-0.3, -0.25) is 14.8 Å². The molecule has 1 aliphatic rings. The molecule has 0 spiro atoms. The van der Waals surface area contributed by atoms with Crippen LogP contribution in [-0.2, 0) is 14.2 Å². The van der Waals surface area contributed by atoms with Crippen LogP contribution < -0.4 is 17.0 Å². The Morgan fingerprint density at radius 1 is 1.41 bits per heavy atom. The number of nitrogens with zero attached hydrogens (tertiary/aromatic N) is 2. The van der Waals surface area contributed by atoms with Crippen LogP contribution in [-0.4, -0.2) is 52.6 Å². The Morgan fingerprint density at radius 3 is 2.86 bits per heavy atom. The van der Waals surface area contributed by atoms with E-state index in [2.05, 4.69) is 15.0 Å². The van der Waals surface area contributed by atoms with Crippen molar-refractivity contribution in [2.75, 3.05) is 26.6 Å². The highest BCUT2D eigenvalue weighted by Gasteiger charge is 2.38. The first-order chi connectivity index (χ1) is 10.5. The van der Waals surface area contributed by atoms with Gasteiger partial charge in [0.05, 0.1) is 12.7 Å². The molecule has 3 atom stereocenters. The minimum Gasteiger partial charge on any atom is -0.382 e. The number of H-pyrrole nitrogens is 2. The maximum Gasteiger partial charge on any atom is 0.329 e. The molecule has 22 heavy (non-hydrogen) atoms. The van der Waals surface area contributed by atoms with Crippen LogP contribution in [0.15, 0.2) is 9.59 Å². The Labute approximate surface area is 124 Å². The molecular formula is C12H17N5O5. The molecule has 3 heterocycles. The van der Waals surface area contributed by atoms with Crippen LogP contribution in [0.25, 0.3) is 11.2 Å². The van der Waals surface area contributed by atoms with E-state index in [0.29, 0.717) is 13.0 Å². The Kier molecular flexibility index (Phi) is 3.72. The summed E-state index contributed by atoms with van der Waals surface area (Å²) in [6.07, 6.45) is -0.705. The van der Waals surface area contributed by atoms with E-state index in [9.17, 15) is 9.59 Å². The fourth-order valence-corrected chi connectivity index (χ4v) is 2.72. The summed E-state index contributed by atoms with van der Waals surface area (Å²) in [7, 11) is 3.13. The van der Waals surface area contributed by atoms with Crippen LogP contribution in [0, 0.1) is 0 Å². The highest BCUT2D eigenvalue weighted by Crippen LogP contribution is 2.31. The van der Waals surface area contributed by atoms with Crippen LogP contribution in [0.4, 0.5) is 5.95 Å². The highest BCUT2D eigenvalue weighted by molar-refractivity contribution is 5.70. The summed E-state index contributed by atoms with van der Waals surface area (Å²) >= 11 is 0. The summed E-state index contributed by atoms with van der Waals surface area (Å²) in [5.41, 5.74) is 4.77. The molecule has 10 nitrogen and oxygen atoms in total. The second kappa shape index (κ2) is 5.55. The summed E-state index contributed by atoms with van der Waals surface area (Å²) < 4.78 is 17.5. The first-order valence-corrected chi connectivity index (χ1v) is 6.72. The molecule has 0 aliphatic carbocycles. The van der Waals surface area contributed by atoms with Crippen molar-refractivity contribution in [1.82, 2.24) is 19.5 Å². The van der Waals surface area contributed by atoms with Crippen molar-refractivity contribution in [3.05, 3.63) is 20.8 Å². The predicted molar refractivity (Wildman–Crippen MR) is 76.6 cm³/mol. The number of imidazole rings is 1. The molecule has 2 aromatic rings. The van der Waals surface area contributed by atoms with E-state index in [-0.39, 0.29) is 29.3 Å². The molecule has 4 N–H and O–H groups in total. The van der Waals surface area contributed by atoms with Crippen molar-refractivity contribution in [2.45, 2.75) is 24.9 Å². The topological polar surface area (TPSA) is 137 Å². The first-order valence-electron chi connectivity index (χ1n) is 6.72. The third-order valence-corrected chi connectivity index (χ3v) is 3.70. The van der Waals surface area contributed by atoms with Crippen molar-refractivity contribution in [1.29, 1.82) is 0 Å². The first kappa shape index (κ1) is 14.8. The molecule has 120 valence electrons. The summed E-state index contributed by atoms with van der Waals surface area (Å²) in [6.45, 7) is 0.336. The van der Waals surface area contributed by atoms with E-state index < -0.39 is 17.5 Å². The van der Waals surface area contributed by atoms with E-state index in [1.165, 1.54) is 4.57 Å². The van der Waals surface area contributed by atoms with Crippen LogP contribution in [0.1, 0.15) is 12.6 Å². The Morgan fingerprint density at radius 2 is 2.18 bits per heavy atom. The average molecular weight is 311 g/mol. The molecule has 1 fully saturated rings. The lowest BCUT2D eigenvalue weighted by Gasteiger charge is -2.15. The third kappa shape index (κ3) is 2.30. The molecule has 0 bridgehead atoms. The summed E-state index contributed by atoms with van der Waals surface area (Å²) in [5.74, 6) is -0.0695. The number of aromatic nitrogens is 4. The molecular weight excluding hydrogens is 294 g/mol. The van der Waals surface area contributed by atoms with Gasteiger partial charge in [0, 0.05) is 20.6 Å². The number of nitrogen functional groups attached to an aromatic ring is 1. The lowest BCUT2D eigenvalue weighted by atomic mass is 10.2. The molecule has 0 aromatic carbocycles. The molecule has 10 heteroatoms. The van der Waals surface area contributed by atoms with E-state index in [1.807, 2.05) is 0 Å². The standard InChI is InChI=1S/C12H17N5O5/c1-20-4-6-5(21-2)3-7(22-6)17-9-8(14-12(17)19)10(18)16-11(13)15-9/h5-7H,3-4H2,1-2H3,(H,14,19)(H3,13,15,16,18)/t5?,6-,7+/m1/s1. The SMILES string of the molecule is COC[C@H]1O[C@H](n2c(=O)[nH]c3c(=O)[nH]c(N)nc32)CC1OC. The number of fused-ring (bicyclic) bond motifs is 1. The van der Waals surface area contributed by atoms with Gasteiger partial charge in [-0.25, -0.2) is 9.36 Å². The Bertz CT molecular complexity index is 793. The van der Waals surface area contributed by atoms with Crippen LogP contribution >= 0.6 is 0 Å². The quantitative estimate of drug-likeness (QED) is 0.654. The number of rotatable bonds is 4. The van der Waals surface area contributed by atoms with E-state index >= 15 is 0 Å². The number of aromatic amines is 2. The van der Waals surface area contributed by atoms with Crippen molar-refractivity contribution in [2.24, 2.45) is 0 Å². The minimum absolute atomic E-state index is 0.0620. The summed E-state index contributed by atoms with van der Waals surface area (Å²) in [5, 5.41) is 0. The lowest BCUT2D eigenvalue weighted by molar-refractivity contribution is -0.0604. The molecule has 3 rings (SSSR count). The normalized spacial score (nSPS) is 25.1. The number of methoxy groups -OCH3 is 2. The van der Waals surface area contributed by atoms with Gasteiger partial charge < -0.3 is 19.9 Å². The smallest absolute Gasteiger partial charge is 0.329 e.